The predicted molar refractivity (Wildman–Crippen MR) is 92.2 cm³/mol. The predicted octanol–water partition coefficient (Wildman–Crippen LogP) is 1.57. The van der Waals surface area contributed by atoms with E-state index in [1.165, 1.54) is 22.3 Å². The first-order valence-electron chi connectivity index (χ1n) is 8.33. The molecular weight excluding hydrogens is 324 g/mol. The molecule has 0 aromatic carbocycles. The van der Waals surface area contributed by atoms with E-state index in [-0.39, 0.29) is 5.56 Å². The van der Waals surface area contributed by atoms with Crippen molar-refractivity contribution in [3.8, 4) is 0 Å². The van der Waals surface area contributed by atoms with E-state index in [1.54, 1.807) is 6.07 Å². The molecule has 0 aliphatic carbocycles. The molecule has 0 amide bonds. The van der Waals surface area contributed by atoms with Crippen LogP contribution in [0.5, 0.6) is 0 Å². The van der Waals surface area contributed by atoms with Crippen LogP contribution in [-0.2, 0) is 19.5 Å². The Labute approximate surface area is 143 Å². The molecule has 0 saturated carbocycles. The van der Waals surface area contributed by atoms with Gasteiger partial charge < -0.3 is 0 Å². The standard InChI is InChI=1S/C16H20N6OS/c1-2-14-19-22-15(23)9-12(18-16(22)24-14)10-20-7-3-5-13(20)11-21-8-4-6-17-21/h4,6,8-9,13H,2-3,5,7,10-11H2,1H3/t13-/m1/s1. The summed E-state index contributed by atoms with van der Waals surface area (Å²) in [6.45, 7) is 4.66. The number of hydrogen-bond donors (Lipinski definition) is 0. The molecule has 0 bridgehead atoms. The third-order valence-corrected chi connectivity index (χ3v) is 5.52. The van der Waals surface area contributed by atoms with Crippen LogP contribution in [0, 0.1) is 0 Å². The fourth-order valence-corrected chi connectivity index (χ4v) is 4.12. The van der Waals surface area contributed by atoms with Gasteiger partial charge >= 0.3 is 0 Å². The Morgan fingerprint density at radius 2 is 2.33 bits per heavy atom. The lowest BCUT2D eigenvalue weighted by Crippen LogP contribution is -2.33. The normalized spacial score (nSPS) is 18.6. The van der Waals surface area contributed by atoms with E-state index in [2.05, 4.69) is 20.1 Å². The minimum Gasteiger partial charge on any atom is -0.293 e. The van der Waals surface area contributed by atoms with Crippen molar-refractivity contribution in [1.29, 1.82) is 0 Å². The summed E-state index contributed by atoms with van der Waals surface area (Å²) in [5.74, 6) is 0. The van der Waals surface area contributed by atoms with E-state index >= 15 is 0 Å². The van der Waals surface area contributed by atoms with E-state index in [0.717, 1.165) is 36.6 Å². The van der Waals surface area contributed by atoms with E-state index in [0.29, 0.717) is 17.5 Å². The Hall–Kier alpha value is -2.06. The van der Waals surface area contributed by atoms with Crippen molar-refractivity contribution in [3.63, 3.8) is 0 Å². The van der Waals surface area contributed by atoms with Crippen LogP contribution in [0.1, 0.15) is 30.5 Å². The van der Waals surface area contributed by atoms with Crippen molar-refractivity contribution in [2.45, 2.75) is 45.3 Å². The molecule has 0 unspecified atom stereocenters. The van der Waals surface area contributed by atoms with E-state index in [4.69, 9.17) is 0 Å². The molecule has 24 heavy (non-hydrogen) atoms. The molecule has 0 radical (unpaired) electrons. The lowest BCUT2D eigenvalue weighted by molar-refractivity contribution is 0.217. The van der Waals surface area contributed by atoms with Crippen LogP contribution in [-0.4, -0.2) is 41.9 Å². The molecule has 1 aliphatic rings. The van der Waals surface area contributed by atoms with Gasteiger partial charge in [-0.2, -0.15) is 14.7 Å². The van der Waals surface area contributed by atoms with Gasteiger partial charge in [-0.3, -0.25) is 14.4 Å². The van der Waals surface area contributed by atoms with E-state index < -0.39 is 0 Å². The van der Waals surface area contributed by atoms with Gasteiger partial charge in [0.1, 0.15) is 5.01 Å². The van der Waals surface area contributed by atoms with Gasteiger partial charge in [0.25, 0.3) is 5.56 Å². The summed E-state index contributed by atoms with van der Waals surface area (Å²) in [5.41, 5.74) is 0.743. The number of aryl methyl sites for hydroxylation is 1. The maximum atomic E-state index is 12.3. The average molecular weight is 344 g/mol. The van der Waals surface area contributed by atoms with Gasteiger partial charge in [0.15, 0.2) is 0 Å². The third kappa shape index (κ3) is 2.99. The van der Waals surface area contributed by atoms with Crippen molar-refractivity contribution in [2.75, 3.05) is 6.54 Å². The monoisotopic (exact) mass is 344 g/mol. The van der Waals surface area contributed by atoms with Crippen LogP contribution in [0.25, 0.3) is 4.96 Å². The molecule has 8 heteroatoms. The van der Waals surface area contributed by atoms with E-state index in [9.17, 15) is 4.79 Å². The van der Waals surface area contributed by atoms with Crippen LogP contribution in [0.2, 0.25) is 0 Å². The molecule has 4 heterocycles. The Kier molecular flexibility index (Phi) is 4.15. The number of likely N-dealkylation sites (tertiary alicyclic amines) is 1. The van der Waals surface area contributed by atoms with Crippen molar-refractivity contribution < 1.29 is 0 Å². The third-order valence-electron chi connectivity index (χ3n) is 4.46. The largest absolute Gasteiger partial charge is 0.293 e. The molecule has 1 fully saturated rings. The second kappa shape index (κ2) is 6.45. The summed E-state index contributed by atoms with van der Waals surface area (Å²) >= 11 is 1.50. The minimum atomic E-state index is -0.0891. The van der Waals surface area contributed by atoms with Crippen molar-refractivity contribution >= 4 is 16.3 Å². The summed E-state index contributed by atoms with van der Waals surface area (Å²) in [6.07, 6.45) is 6.96. The summed E-state index contributed by atoms with van der Waals surface area (Å²) in [6, 6.07) is 4.01. The van der Waals surface area contributed by atoms with Gasteiger partial charge in [-0.1, -0.05) is 18.3 Å². The van der Waals surface area contributed by atoms with Gasteiger partial charge in [-0.25, -0.2) is 4.98 Å². The van der Waals surface area contributed by atoms with Crippen LogP contribution >= 0.6 is 11.3 Å². The molecule has 7 nitrogen and oxygen atoms in total. The Morgan fingerprint density at radius 1 is 1.42 bits per heavy atom. The van der Waals surface area contributed by atoms with Crippen LogP contribution < -0.4 is 5.56 Å². The molecule has 1 atom stereocenters. The maximum absolute atomic E-state index is 12.3. The molecule has 0 spiro atoms. The van der Waals surface area contributed by atoms with Gasteiger partial charge in [0, 0.05) is 31.0 Å². The average Bonchev–Trinajstić information content (AvgIpc) is 3.29. The second-order valence-corrected chi connectivity index (χ2v) is 7.16. The highest BCUT2D eigenvalue weighted by molar-refractivity contribution is 7.16. The number of hydrogen-bond acceptors (Lipinski definition) is 6. The lowest BCUT2D eigenvalue weighted by atomic mass is 10.2. The first-order valence-corrected chi connectivity index (χ1v) is 9.14. The Balaban J connectivity index is 1.55. The van der Waals surface area contributed by atoms with Crippen LogP contribution in [0.4, 0.5) is 0 Å². The molecule has 126 valence electrons. The highest BCUT2D eigenvalue weighted by Crippen LogP contribution is 2.21. The second-order valence-electron chi connectivity index (χ2n) is 6.12. The SMILES string of the molecule is CCc1nn2c(=O)cc(CN3CCC[C@@H]3Cn3cccn3)nc2s1. The summed E-state index contributed by atoms with van der Waals surface area (Å²) < 4.78 is 3.39. The number of rotatable bonds is 5. The molecule has 0 N–H and O–H groups in total. The zero-order valence-electron chi connectivity index (χ0n) is 13.6. The first kappa shape index (κ1) is 15.5. The van der Waals surface area contributed by atoms with Crippen molar-refractivity contribution in [1.82, 2.24) is 29.3 Å². The first-order chi connectivity index (χ1) is 11.7. The highest BCUT2D eigenvalue weighted by Gasteiger charge is 2.25. The molecule has 3 aromatic heterocycles. The van der Waals surface area contributed by atoms with Gasteiger partial charge in [-0.05, 0) is 31.9 Å². The Morgan fingerprint density at radius 3 is 3.12 bits per heavy atom. The fourth-order valence-electron chi connectivity index (χ4n) is 3.26. The number of fused-ring (bicyclic) bond motifs is 1. The summed E-state index contributed by atoms with van der Waals surface area (Å²) in [4.78, 5) is 20.0. The zero-order chi connectivity index (χ0) is 16.5. The molecule has 1 aliphatic heterocycles. The molecule has 1 saturated heterocycles. The quantitative estimate of drug-likeness (QED) is 0.703. The van der Waals surface area contributed by atoms with Crippen LogP contribution in [0.15, 0.2) is 29.3 Å². The highest BCUT2D eigenvalue weighted by atomic mass is 32.1. The number of aromatic nitrogens is 5. The zero-order valence-corrected chi connectivity index (χ0v) is 14.4. The molecular formula is C16H20N6OS. The minimum absolute atomic E-state index is 0.0891. The molecule has 3 aromatic rings. The van der Waals surface area contributed by atoms with Crippen molar-refractivity contribution in [3.05, 3.63) is 45.6 Å². The summed E-state index contributed by atoms with van der Waals surface area (Å²) in [7, 11) is 0. The Bertz CT molecular complexity index is 884. The molecule has 4 rings (SSSR count). The number of nitrogens with zero attached hydrogens (tertiary/aromatic N) is 6. The topological polar surface area (TPSA) is 68.3 Å². The van der Waals surface area contributed by atoms with E-state index in [1.807, 2.05) is 30.1 Å². The lowest BCUT2D eigenvalue weighted by Gasteiger charge is -2.23. The van der Waals surface area contributed by atoms with Gasteiger partial charge in [-0.15, -0.1) is 0 Å². The van der Waals surface area contributed by atoms with Gasteiger partial charge in [0.05, 0.1) is 12.2 Å². The van der Waals surface area contributed by atoms with Crippen molar-refractivity contribution in [2.24, 2.45) is 0 Å². The maximum Gasteiger partial charge on any atom is 0.275 e. The van der Waals surface area contributed by atoms with Gasteiger partial charge in [0.2, 0.25) is 4.96 Å². The van der Waals surface area contributed by atoms with Crippen LogP contribution in [0.3, 0.4) is 0 Å². The smallest absolute Gasteiger partial charge is 0.275 e. The summed E-state index contributed by atoms with van der Waals surface area (Å²) in [5, 5.41) is 9.55. The fraction of sp³-hybridized carbons (Fsp3) is 0.500.